The van der Waals surface area contributed by atoms with Crippen molar-refractivity contribution < 1.29 is 23.5 Å². The summed E-state index contributed by atoms with van der Waals surface area (Å²) < 4.78 is 16.3. The number of carbonyl (C=O) groups is 2. The SMILES string of the molecule is O=C(CNC(=O)c1ccc2c(c1)OCO2)N/N=C/c1ccc(I)o1. The normalized spacial score (nSPS) is 12.4. The number of amides is 2. The van der Waals surface area contributed by atoms with E-state index in [0.29, 0.717) is 22.8 Å². The van der Waals surface area contributed by atoms with Crippen LogP contribution in [-0.2, 0) is 4.79 Å². The van der Waals surface area contributed by atoms with Gasteiger partial charge in [0.25, 0.3) is 11.8 Å². The molecule has 0 spiro atoms. The van der Waals surface area contributed by atoms with Crippen molar-refractivity contribution in [2.75, 3.05) is 13.3 Å². The Morgan fingerprint density at radius 1 is 1.21 bits per heavy atom. The number of hydrazone groups is 1. The minimum absolute atomic E-state index is 0.134. The summed E-state index contributed by atoms with van der Waals surface area (Å²) in [5, 5.41) is 6.24. The van der Waals surface area contributed by atoms with E-state index in [0.717, 1.165) is 3.77 Å². The Morgan fingerprint density at radius 2 is 2.04 bits per heavy atom. The minimum atomic E-state index is -0.457. The van der Waals surface area contributed by atoms with Gasteiger partial charge in [-0.15, -0.1) is 0 Å². The molecule has 1 aliphatic heterocycles. The van der Waals surface area contributed by atoms with Gasteiger partial charge in [0.2, 0.25) is 6.79 Å². The number of furan rings is 1. The molecule has 8 nitrogen and oxygen atoms in total. The maximum absolute atomic E-state index is 12.0. The van der Waals surface area contributed by atoms with Gasteiger partial charge in [0, 0.05) is 5.56 Å². The standard InChI is InChI=1S/C15H12IN3O5/c16-13-4-2-10(24-13)6-18-19-14(20)7-17-15(21)9-1-3-11-12(5-9)23-8-22-11/h1-6H,7-8H2,(H,17,21)(H,19,20)/b18-6+. The van der Waals surface area contributed by atoms with Crippen molar-refractivity contribution in [3.8, 4) is 11.5 Å². The summed E-state index contributed by atoms with van der Waals surface area (Å²) in [6, 6.07) is 8.30. The fourth-order valence-electron chi connectivity index (χ4n) is 1.91. The second kappa shape index (κ2) is 7.34. The predicted octanol–water partition coefficient (Wildman–Crippen LogP) is 1.49. The molecule has 0 atom stereocenters. The molecule has 1 aromatic carbocycles. The molecule has 1 aliphatic rings. The van der Waals surface area contributed by atoms with E-state index in [1.807, 2.05) is 22.6 Å². The highest BCUT2D eigenvalue weighted by molar-refractivity contribution is 14.1. The van der Waals surface area contributed by atoms with Gasteiger partial charge >= 0.3 is 0 Å². The molecule has 3 rings (SSSR count). The predicted molar refractivity (Wildman–Crippen MR) is 92.1 cm³/mol. The van der Waals surface area contributed by atoms with E-state index >= 15 is 0 Å². The molecule has 0 unspecified atom stereocenters. The quantitative estimate of drug-likeness (QED) is 0.416. The van der Waals surface area contributed by atoms with Gasteiger partial charge in [-0.25, -0.2) is 5.43 Å². The van der Waals surface area contributed by atoms with Crippen molar-refractivity contribution in [2.24, 2.45) is 5.10 Å². The highest BCUT2D eigenvalue weighted by atomic mass is 127. The topological polar surface area (TPSA) is 102 Å². The Bertz CT molecular complexity index is 802. The van der Waals surface area contributed by atoms with Gasteiger partial charge in [-0.1, -0.05) is 0 Å². The van der Waals surface area contributed by atoms with Crippen molar-refractivity contribution in [1.82, 2.24) is 10.7 Å². The maximum Gasteiger partial charge on any atom is 0.259 e. The molecular weight excluding hydrogens is 429 g/mol. The van der Waals surface area contributed by atoms with Crippen LogP contribution in [0.15, 0.2) is 39.9 Å². The molecule has 0 radical (unpaired) electrons. The Labute approximate surface area is 150 Å². The minimum Gasteiger partial charge on any atom is -0.454 e. The van der Waals surface area contributed by atoms with Crippen LogP contribution in [0.25, 0.3) is 0 Å². The number of benzene rings is 1. The third-order valence-corrected chi connectivity index (χ3v) is 3.60. The molecule has 0 saturated carbocycles. The maximum atomic E-state index is 12.0. The number of halogens is 1. The molecule has 1 aromatic heterocycles. The molecule has 0 aliphatic carbocycles. The van der Waals surface area contributed by atoms with Crippen molar-refractivity contribution in [3.05, 3.63) is 45.4 Å². The highest BCUT2D eigenvalue weighted by Crippen LogP contribution is 2.32. The van der Waals surface area contributed by atoms with Crippen LogP contribution in [0.2, 0.25) is 0 Å². The lowest BCUT2D eigenvalue weighted by Gasteiger charge is -2.05. The van der Waals surface area contributed by atoms with E-state index in [1.54, 1.807) is 30.3 Å². The zero-order valence-electron chi connectivity index (χ0n) is 12.2. The summed E-state index contributed by atoms with van der Waals surface area (Å²) in [5.74, 6) is 0.759. The second-order valence-corrected chi connectivity index (χ2v) is 5.75. The van der Waals surface area contributed by atoms with Crippen LogP contribution < -0.4 is 20.2 Å². The molecule has 0 fully saturated rings. The largest absolute Gasteiger partial charge is 0.454 e. The number of ether oxygens (including phenoxy) is 2. The monoisotopic (exact) mass is 441 g/mol. The molecular formula is C15H12IN3O5. The average Bonchev–Trinajstić information content (AvgIpc) is 3.20. The lowest BCUT2D eigenvalue weighted by Crippen LogP contribution is -2.34. The number of fused-ring (bicyclic) bond motifs is 1. The van der Waals surface area contributed by atoms with Crippen LogP contribution in [0.4, 0.5) is 0 Å². The van der Waals surface area contributed by atoms with Crippen LogP contribution in [0.1, 0.15) is 16.1 Å². The first kappa shape index (κ1) is 16.3. The molecule has 9 heteroatoms. The van der Waals surface area contributed by atoms with Gasteiger partial charge in [-0.05, 0) is 52.9 Å². The van der Waals surface area contributed by atoms with Crippen molar-refractivity contribution >= 4 is 40.6 Å². The number of carbonyl (C=O) groups excluding carboxylic acids is 2. The van der Waals surface area contributed by atoms with Crippen molar-refractivity contribution in [2.45, 2.75) is 0 Å². The molecule has 0 bridgehead atoms. The fraction of sp³-hybridized carbons (Fsp3) is 0.133. The first-order valence-electron chi connectivity index (χ1n) is 6.87. The lowest BCUT2D eigenvalue weighted by atomic mass is 10.2. The molecule has 0 saturated heterocycles. The lowest BCUT2D eigenvalue weighted by molar-refractivity contribution is -0.120. The van der Waals surface area contributed by atoms with Crippen LogP contribution in [0, 0.1) is 3.77 Å². The summed E-state index contributed by atoms with van der Waals surface area (Å²) in [6.45, 7) is -0.0736. The zero-order chi connectivity index (χ0) is 16.9. The van der Waals surface area contributed by atoms with E-state index in [-0.39, 0.29) is 13.3 Å². The number of nitrogens with zero attached hydrogens (tertiary/aromatic N) is 1. The summed E-state index contributed by atoms with van der Waals surface area (Å²) in [7, 11) is 0. The second-order valence-electron chi connectivity index (χ2n) is 4.69. The zero-order valence-corrected chi connectivity index (χ0v) is 14.4. The van der Waals surface area contributed by atoms with E-state index in [9.17, 15) is 9.59 Å². The van der Waals surface area contributed by atoms with Gasteiger partial charge in [0.15, 0.2) is 15.3 Å². The Balaban J connectivity index is 1.47. The van der Waals surface area contributed by atoms with E-state index < -0.39 is 11.8 Å². The van der Waals surface area contributed by atoms with E-state index in [4.69, 9.17) is 13.9 Å². The third-order valence-electron chi connectivity index (χ3n) is 3.02. The Kier molecular flexibility index (Phi) is 4.99. The first-order chi connectivity index (χ1) is 11.6. The van der Waals surface area contributed by atoms with Gasteiger partial charge in [0.1, 0.15) is 5.76 Å². The molecule has 2 amide bonds. The van der Waals surface area contributed by atoms with Crippen LogP contribution >= 0.6 is 22.6 Å². The third kappa shape index (κ3) is 4.04. The summed E-state index contributed by atoms with van der Waals surface area (Å²) in [5.41, 5.74) is 2.67. The summed E-state index contributed by atoms with van der Waals surface area (Å²) in [6.07, 6.45) is 1.37. The van der Waals surface area contributed by atoms with Gasteiger partial charge in [-0.2, -0.15) is 5.10 Å². The first-order valence-corrected chi connectivity index (χ1v) is 7.95. The molecule has 2 heterocycles. The molecule has 24 heavy (non-hydrogen) atoms. The van der Waals surface area contributed by atoms with Crippen LogP contribution in [0.3, 0.4) is 0 Å². The smallest absolute Gasteiger partial charge is 0.259 e. The van der Waals surface area contributed by atoms with Gasteiger partial charge in [-0.3, -0.25) is 9.59 Å². The average molecular weight is 441 g/mol. The number of nitrogens with one attached hydrogen (secondary N) is 2. The highest BCUT2D eigenvalue weighted by Gasteiger charge is 2.16. The van der Waals surface area contributed by atoms with E-state index in [2.05, 4.69) is 15.8 Å². The van der Waals surface area contributed by atoms with Crippen molar-refractivity contribution in [3.63, 3.8) is 0 Å². The molecule has 2 aromatic rings. The Hall–Kier alpha value is -2.56. The summed E-state index contributed by atoms with van der Waals surface area (Å²) >= 11 is 2.02. The number of rotatable bonds is 5. The molecule has 124 valence electrons. The number of hydrogen-bond acceptors (Lipinski definition) is 6. The Morgan fingerprint density at radius 3 is 2.83 bits per heavy atom. The van der Waals surface area contributed by atoms with Crippen LogP contribution in [-0.4, -0.2) is 31.4 Å². The van der Waals surface area contributed by atoms with E-state index in [1.165, 1.54) is 6.21 Å². The fourth-order valence-corrected chi connectivity index (χ4v) is 2.34. The summed E-state index contributed by atoms with van der Waals surface area (Å²) in [4.78, 5) is 23.7. The van der Waals surface area contributed by atoms with Crippen LogP contribution in [0.5, 0.6) is 11.5 Å². The number of hydrogen-bond donors (Lipinski definition) is 2. The van der Waals surface area contributed by atoms with Gasteiger partial charge < -0.3 is 19.2 Å². The molecule has 2 N–H and O–H groups in total. The van der Waals surface area contributed by atoms with Gasteiger partial charge in [0.05, 0.1) is 12.8 Å². The van der Waals surface area contributed by atoms with Crippen molar-refractivity contribution in [1.29, 1.82) is 0 Å².